The number of rotatable bonds is 6. The minimum atomic E-state index is -3.89. The molecule has 0 aliphatic carbocycles. The van der Waals surface area contributed by atoms with Crippen molar-refractivity contribution in [3.63, 3.8) is 0 Å². The lowest BCUT2D eigenvalue weighted by atomic mass is 10.1. The van der Waals surface area contributed by atoms with Crippen molar-refractivity contribution in [3.05, 3.63) is 83.7 Å². The molecular weight excluding hydrogens is 405 g/mol. The molecule has 0 amide bonds. The first-order valence-electron chi connectivity index (χ1n) is 9.35. The fourth-order valence-electron chi connectivity index (χ4n) is 3.17. The smallest absolute Gasteiger partial charge is 0.338 e. The summed E-state index contributed by atoms with van der Waals surface area (Å²) in [5.74, 6) is -0.903. The molecule has 3 rings (SSSR count). The second kappa shape index (κ2) is 8.67. The Morgan fingerprint density at radius 1 is 0.967 bits per heavy atom. The van der Waals surface area contributed by atoms with E-state index in [0.717, 1.165) is 11.1 Å². The number of sulfonamides is 1. The number of halogens is 1. The summed E-state index contributed by atoms with van der Waals surface area (Å²) in [5, 5.41) is 0. The molecule has 3 aromatic carbocycles. The Labute approximate surface area is 175 Å². The summed E-state index contributed by atoms with van der Waals surface area (Å²) in [6.07, 6.45) is 0. The zero-order valence-corrected chi connectivity index (χ0v) is 17.7. The molecular formula is C23H22FNO4S. The molecule has 0 saturated carbocycles. The van der Waals surface area contributed by atoms with Gasteiger partial charge in [0.2, 0.25) is 0 Å². The van der Waals surface area contributed by atoms with Crippen LogP contribution in [-0.2, 0) is 14.8 Å². The molecule has 0 fully saturated rings. The highest BCUT2D eigenvalue weighted by molar-refractivity contribution is 7.92. The summed E-state index contributed by atoms with van der Waals surface area (Å²) in [4.78, 5) is 12.0. The molecule has 156 valence electrons. The van der Waals surface area contributed by atoms with E-state index in [4.69, 9.17) is 4.74 Å². The maximum Gasteiger partial charge on any atom is 0.338 e. The zero-order valence-electron chi connectivity index (χ0n) is 16.9. The van der Waals surface area contributed by atoms with Crippen molar-refractivity contribution in [1.82, 2.24) is 0 Å². The summed E-state index contributed by atoms with van der Waals surface area (Å²) in [6, 6.07) is 17.5. The van der Waals surface area contributed by atoms with Gasteiger partial charge in [-0.3, -0.25) is 4.31 Å². The van der Waals surface area contributed by atoms with E-state index in [2.05, 4.69) is 0 Å². The van der Waals surface area contributed by atoms with Gasteiger partial charge >= 0.3 is 5.97 Å². The average molecular weight is 427 g/mol. The number of benzene rings is 3. The highest BCUT2D eigenvalue weighted by Gasteiger charge is 2.25. The highest BCUT2D eigenvalue weighted by Crippen LogP contribution is 2.28. The van der Waals surface area contributed by atoms with Gasteiger partial charge in [0.1, 0.15) is 5.82 Å². The summed E-state index contributed by atoms with van der Waals surface area (Å²) in [6.45, 7) is 3.66. The molecule has 0 saturated heterocycles. The Hall–Kier alpha value is -3.19. The van der Waals surface area contributed by atoms with E-state index in [1.165, 1.54) is 35.7 Å². The number of nitrogens with zero attached hydrogens (tertiary/aromatic N) is 1. The number of hydrogen-bond donors (Lipinski definition) is 0. The van der Waals surface area contributed by atoms with Crippen LogP contribution in [0.3, 0.4) is 0 Å². The predicted octanol–water partition coefficient (Wildman–Crippen LogP) is 4.80. The van der Waals surface area contributed by atoms with Crippen molar-refractivity contribution in [1.29, 1.82) is 0 Å². The summed E-state index contributed by atoms with van der Waals surface area (Å²) < 4.78 is 45.7. The molecule has 0 heterocycles. The molecule has 0 unspecified atom stereocenters. The van der Waals surface area contributed by atoms with E-state index in [1.807, 2.05) is 0 Å². The molecule has 0 N–H and O–H groups in total. The highest BCUT2D eigenvalue weighted by atomic mass is 32.2. The van der Waals surface area contributed by atoms with Gasteiger partial charge in [0.25, 0.3) is 10.0 Å². The van der Waals surface area contributed by atoms with E-state index in [-0.39, 0.29) is 22.8 Å². The molecule has 5 nitrogen and oxygen atoms in total. The lowest BCUT2D eigenvalue weighted by Crippen LogP contribution is -2.31. The monoisotopic (exact) mass is 427 g/mol. The largest absolute Gasteiger partial charge is 0.465 e. The maximum atomic E-state index is 13.3. The van der Waals surface area contributed by atoms with Crippen molar-refractivity contribution in [3.8, 4) is 11.1 Å². The number of carbonyl (C=O) groups is 1. The lowest BCUT2D eigenvalue weighted by Gasteiger charge is -2.23. The first-order chi connectivity index (χ1) is 14.3. The third-order valence-electron chi connectivity index (χ3n) is 4.82. The van der Waals surface area contributed by atoms with Gasteiger partial charge in [-0.25, -0.2) is 17.6 Å². The van der Waals surface area contributed by atoms with Crippen LogP contribution >= 0.6 is 0 Å². The number of methoxy groups -OCH3 is 1. The Bertz CT molecular complexity index is 1160. The van der Waals surface area contributed by atoms with Gasteiger partial charge in [0, 0.05) is 6.54 Å². The topological polar surface area (TPSA) is 63.7 Å². The van der Waals surface area contributed by atoms with Crippen molar-refractivity contribution in [2.75, 3.05) is 18.0 Å². The van der Waals surface area contributed by atoms with E-state index < -0.39 is 16.0 Å². The zero-order chi connectivity index (χ0) is 21.9. The van der Waals surface area contributed by atoms with Crippen molar-refractivity contribution in [2.45, 2.75) is 18.7 Å². The predicted molar refractivity (Wildman–Crippen MR) is 115 cm³/mol. The van der Waals surface area contributed by atoms with Crippen molar-refractivity contribution in [2.24, 2.45) is 0 Å². The molecule has 0 bridgehead atoms. The average Bonchev–Trinajstić information content (AvgIpc) is 2.75. The first-order valence-corrected chi connectivity index (χ1v) is 10.8. The third kappa shape index (κ3) is 4.21. The van der Waals surface area contributed by atoms with E-state index in [1.54, 1.807) is 56.3 Å². The van der Waals surface area contributed by atoms with E-state index in [9.17, 15) is 17.6 Å². The molecule has 30 heavy (non-hydrogen) atoms. The molecule has 0 radical (unpaired) electrons. The summed E-state index contributed by atoms with van der Waals surface area (Å²) in [7, 11) is -2.64. The number of anilines is 1. The lowest BCUT2D eigenvalue weighted by molar-refractivity contribution is 0.0599. The van der Waals surface area contributed by atoms with Gasteiger partial charge < -0.3 is 4.74 Å². The normalized spacial score (nSPS) is 11.2. The Morgan fingerprint density at radius 2 is 1.53 bits per heavy atom. The number of aryl methyl sites for hydroxylation is 1. The molecule has 0 aliphatic heterocycles. The van der Waals surface area contributed by atoms with Crippen LogP contribution in [0.5, 0.6) is 0 Å². The van der Waals surface area contributed by atoms with Crippen LogP contribution in [0.2, 0.25) is 0 Å². The number of esters is 1. The van der Waals surface area contributed by atoms with Crippen molar-refractivity contribution < 1.29 is 22.3 Å². The summed E-state index contributed by atoms with van der Waals surface area (Å²) in [5.41, 5.74) is 3.00. The van der Waals surface area contributed by atoms with E-state index in [0.29, 0.717) is 11.3 Å². The molecule has 0 aromatic heterocycles. The van der Waals surface area contributed by atoms with Crippen LogP contribution in [0.15, 0.2) is 71.6 Å². The minimum absolute atomic E-state index is 0.0120. The minimum Gasteiger partial charge on any atom is -0.465 e. The van der Waals surface area contributed by atoms with Gasteiger partial charge in [-0.2, -0.15) is 0 Å². The Kier molecular flexibility index (Phi) is 6.22. The Morgan fingerprint density at radius 3 is 2.07 bits per heavy atom. The van der Waals surface area contributed by atoms with Crippen LogP contribution < -0.4 is 4.31 Å². The second-order valence-electron chi connectivity index (χ2n) is 6.69. The Balaban J connectivity index is 1.96. The van der Waals surface area contributed by atoms with Gasteiger partial charge in [-0.05, 0) is 66.9 Å². The van der Waals surface area contributed by atoms with E-state index >= 15 is 0 Å². The van der Waals surface area contributed by atoms with Crippen LogP contribution in [0, 0.1) is 12.7 Å². The quantitative estimate of drug-likeness (QED) is 0.530. The molecule has 7 heteroatoms. The second-order valence-corrected chi connectivity index (χ2v) is 8.55. The van der Waals surface area contributed by atoms with Crippen molar-refractivity contribution >= 4 is 21.7 Å². The number of ether oxygens (including phenoxy) is 1. The standard InChI is InChI=1S/C23H22FNO4S/c1-4-25(20-12-8-18(9-13-20)17-6-10-19(24)11-7-17)30(27,28)21-14-5-16(2)22(15-21)23(26)29-3/h5-15H,4H2,1-3H3. The van der Waals surface area contributed by atoms with Gasteiger partial charge in [0.15, 0.2) is 0 Å². The maximum absolute atomic E-state index is 13.3. The SMILES string of the molecule is CCN(c1ccc(-c2ccc(F)cc2)cc1)S(=O)(=O)c1ccc(C)c(C(=O)OC)c1. The number of carbonyl (C=O) groups excluding carboxylic acids is 1. The molecule has 0 spiro atoms. The van der Waals surface area contributed by atoms with Gasteiger partial charge in [-0.15, -0.1) is 0 Å². The molecule has 0 aliphatic rings. The first kappa shape index (κ1) is 21.5. The van der Waals surface area contributed by atoms with Gasteiger partial charge in [0.05, 0.1) is 23.3 Å². The fraction of sp³-hybridized carbons (Fsp3) is 0.174. The molecule has 0 atom stereocenters. The third-order valence-corrected chi connectivity index (χ3v) is 6.72. The fourth-order valence-corrected chi connectivity index (χ4v) is 4.67. The van der Waals surface area contributed by atoms with Crippen LogP contribution in [0.1, 0.15) is 22.8 Å². The summed E-state index contributed by atoms with van der Waals surface area (Å²) >= 11 is 0. The van der Waals surface area contributed by atoms with Crippen LogP contribution in [0.25, 0.3) is 11.1 Å². The van der Waals surface area contributed by atoms with Crippen LogP contribution in [0.4, 0.5) is 10.1 Å². The van der Waals surface area contributed by atoms with Gasteiger partial charge in [-0.1, -0.05) is 30.3 Å². The molecule has 3 aromatic rings. The number of hydrogen-bond acceptors (Lipinski definition) is 4. The van der Waals surface area contributed by atoms with Crippen LogP contribution in [-0.4, -0.2) is 28.0 Å².